The lowest BCUT2D eigenvalue weighted by Crippen LogP contribution is -2.30. The summed E-state index contributed by atoms with van der Waals surface area (Å²) in [6, 6.07) is 21.9. The molecule has 0 aliphatic rings. The minimum atomic E-state index is -0.994. The molecular weight excluding hydrogens is 394 g/mol. The van der Waals surface area contributed by atoms with Crippen molar-refractivity contribution in [3.8, 4) is 11.5 Å². The second kappa shape index (κ2) is 10.3. The second-order valence-corrected chi connectivity index (χ2v) is 7.04. The van der Waals surface area contributed by atoms with Gasteiger partial charge in [-0.1, -0.05) is 42.5 Å². The van der Waals surface area contributed by atoms with E-state index in [1.165, 1.54) is 14.0 Å². The van der Waals surface area contributed by atoms with Gasteiger partial charge < -0.3 is 19.5 Å². The van der Waals surface area contributed by atoms with Crippen LogP contribution >= 0.6 is 0 Å². The number of hydrogen-bond donors (Lipinski definition) is 1. The molecule has 0 radical (unpaired) electrons. The third-order valence-corrected chi connectivity index (χ3v) is 4.58. The Labute approximate surface area is 181 Å². The number of carbonyl (C=O) groups is 2. The Morgan fingerprint density at radius 3 is 2.48 bits per heavy atom. The second-order valence-electron chi connectivity index (χ2n) is 7.04. The topological polar surface area (TPSA) is 73.9 Å². The summed E-state index contributed by atoms with van der Waals surface area (Å²) in [5, 5.41) is 2.74. The molecule has 3 rings (SSSR count). The van der Waals surface area contributed by atoms with Crippen molar-refractivity contribution < 1.29 is 23.8 Å². The molecule has 6 heteroatoms. The highest BCUT2D eigenvalue weighted by molar-refractivity contribution is 5.98. The van der Waals surface area contributed by atoms with Gasteiger partial charge in [-0.15, -0.1) is 0 Å². The van der Waals surface area contributed by atoms with Gasteiger partial charge in [0.25, 0.3) is 5.91 Å². The van der Waals surface area contributed by atoms with E-state index in [1.807, 2.05) is 43.3 Å². The molecular formula is C25H25NO5. The summed E-state index contributed by atoms with van der Waals surface area (Å²) >= 11 is 0. The number of esters is 1. The summed E-state index contributed by atoms with van der Waals surface area (Å²) < 4.78 is 16.4. The first-order valence-electron chi connectivity index (χ1n) is 9.89. The van der Waals surface area contributed by atoms with Gasteiger partial charge in [0.1, 0.15) is 18.1 Å². The number of hydrogen-bond acceptors (Lipinski definition) is 5. The molecule has 0 bridgehead atoms. The quantitative estimate of drug-likeness (QED) is 0.533. The third kappa shape index (κ3) is 6.09. The summed E-state index contributed by atoms with van der Waals surface area (Å²) in [5.74, 6) is 0.0124. The predicted octanol–water partition coefficient (Wildman–Crippen LogP) is 4.77. The molecule has 0 saturated heterocycles. The Morgan fingerprint density at radius 1 is 0.968 bits per heavy atom. The van der Waals surface area contributed by atoms with Gasteiger partial charge in [0, 0.05) is 0 Å². The van der Waals surface area contributed by atoms with Crippen LogP contribution in [0.15, 0.2) is 72.8 Å². The lowest BCUT2D eigenvalue weighted by atomic mass is 10.2. The Kier molecular flexibility index (Phi) is 7.27. The van der Waals surface area contributed by atoms with Gasteiger partial charge in [-0.05, 0) is 55.3 Å². The lowest BCUT2D eigenvalue weighted by molar-refractivity contribution is -0.123. The minimum Gasteiger partial charge on any atom is -0.495 e. The SMILES string of the molecule is COc1ccc(C)cc1NC(=O)[C@@H](C)OC(=O)c1cccc(OCc2ccccc2)c1. The van der Waals surface area contributed by atoms with Gasteiger partial charge in [0.15, 0.2) is 6.10 Å². The Hall–Kier alpha value is -3.80. The zero-order valence-electron chi connectivity index (χ0n) is 17.8. The van der Waals surface area contributed by atoms with Crippen LogP contribution in [-0.2, 0) is 16.1 Å². The lowest BCUT2D eigenvalue weighted by Gasteiger charge is -2.16. The van der Waals surface area contributed by atoms with Gasteiger partial charge >= 0.3 is 5.97 Å². The molecule has 3 aromatic rings. The predicted molar refractivity (Wildman–Crippen MR) is 118 cm³/mol. The average molecular weight is 419 g/mol. The van der Waals surface area contributed by atoms with Gasteiger partial charge in [0.05, 0.1) is 18.4 Å². The van der Waals surface area contributed by atoms with Crippen LogP contribution in [0.2, 0.25) is 0 Å². The molecule has 31 heavy (non-hydrogen) atoms. The normalized spacial score (nSPS) is 11.3. The molecule has 0 fully saturated rings. The molecule has 1 N–H and O–H groups in total. The number of rotatable bonds is 8. The summed E-state index contributed by atoms with van der Waals surface area (Å²) in [4.78, 5) is 25.0. The van der Waals surface area contributed by atoms with Crippen LogP contribution in [0.4, 0.5) is 5.69 Å². The fourth-order valence-corrected chi connectivity index (χ4v) is 2.89. The van der Waals surface area contributed by atoms with Crippen molar-refractivity contribution in [2.75, 3.05) is 12.4 Å². The van der Waals surface area contributed by atoms with E-state index in [9.17, 15) is 9.59 Å². The first kappa shape index (κ1) is 21.9. The molecule has 160 valence electrons. The first-order valence-corrected chi connectivity index (χ1v) is 9.89. The maximum Gasteiger partial charge on any atom is 0.339 e. The monoisotopic (exact) mass is 419 g/mol. The van der Waals surface area contributed by atoms with Crippen LogP contribution < -0.4 is 14.8 Å². The fourth-order valence-electron chi connectivity index (χ4n) is 2.89. The summed E-state index contributed by atoms with van der Waals surface area (Å²) in [7, 11) is 1.52. The molecule has 0 unspecified atom stereocenters. The van der Waals surface area contributed by atoms with Crippen molar-refractivity contribution in [3.63, 3.8) is 0 Å². The van der Waals surface area contributed by atoms with Crippen molar-refractivity contribution >= 4 is 17.6 Å². The van der Waals surface area contributed by atoms with Crippen molar-refractivity contribution in [2.24, 2.45) is 0 Å². The van der Waals surface area contributed by atoms with Gasteiger partial charge in [-0.3, -0.25) is 4.79 Å². The van der Waals surface area contributed by atoms with Crippen LogP contribution in [0.1, 0.15) is 28.4 Å². The van der Waals surface area contributed by atoms with Gasteiger partial charge in [-0.25, -0.2) is 4.79 Å². The van der Waals surface area contributed by atoms with Crippen LogP contribution in [0.25, 0.3) is 0 Å². The standard InChI is InChI=1S/C25H25NO5/c1-17-12-13-23(29-3)22(14-17)26-24(27)18(2)31-25(28)20-10-7-11-21(15-20)30-16-19-8-5-4-6-9-19/h4-15,18H,16H2,1-3H3,(H,26,27)/t18-/m1/s1. The van der Waals surface area contributed by atoms with Gasteiger partial charge in [-0.2, -0.15) is 0 Å². The minimum absolute atomic E-state index is 0.304. The van der Waals surface area contributed by atoms with Gasteiger partial charge in [0.2, 0.25) is 0 Å². The molecule has 1 atom stereocenters. The number of nitrogens with one attached hydrogen (secondary N) is 1. The summed E-state index contributed by atoms with van der Waals surface area (Å²) in [6.45, 7) is 3.81. The number of carbonyl (C=O) groups excluding carboxylic acids is 2. The van der Waals surface area contributed by atoms with E-state index in [4.69, 9.17) is 14.2 Å². The molecule has 0 saturated carbocycles. The first-order chi connectivity index (χ1) is 15.0. The van der Waals surface area contributed by atoms with Crippen LogP contribution in [0.5, 0.6) is 11.5 Å². The van der Waals surface area contributed by atoms with E-state index < -0.39 is 18.0 Å². The fraction of sp³-hybridized carbons (Fsp3) is 0.200. The number of benzene rings is 3. The van der Waals surface area contributed by atoms with E-state index in [2.05, 4.69) is 5.32 Å². The van der Waals surface area contributed by atoms with Crippen LogP contribution in [0, 0.1) is 6.92 Å². The van der Waals surface area contributed by atoms with Crippen LogP contribution in [0.3, 0.4) is 0 Å². The van der Waals surface area contributed by atoms with Crippen molar-refractivity contribution in [2.45, 2.75) is 26.6 Å². The zero-order chi connectivity index (χ0) is 22.2. The molecule has 0 aromatic heterocycles. The number of methoxy groups -OCH3 is 1. The van der Waals surface area contributed by atoms with Crippen molar-refractivity contribution in [1.29, 1.82) is 0 Å². The maximum absolute atomic E-state index is 12.5. The Morgan fingerprint density at radius 2 is 1.74 bits per heavy atom. The number of anilines is 1. The van der Waals surface area contributed by atoms with Crippen molar-refractivity contribution in [3.05, 3.63) is 89.5 Å². The molecule has 0 spiro atoms. The molecule has 0 aliphatic heterocycles. The molecule has 0 aliphatic carbocycles. The third-order valence-electron chi connectivity index (χ3n) is 4.58. The molecule has 6 nitrogen and oxygen atoms in total. The Bertz CT molecular complexity index is 1050. The summed E-state index contributed by atoms with van der Waals surface area (Å²) in [5.41, 5.74) is 2.81. The van der Waals surface area contributed by atoms with E-state index in [0.29, 0.717) is 29.4 Å². The summed E-state index contributed by atoms with van der Waals surface area (Å²) in [6.07, 6.45) is -0.994. The number of ether oxygens (including phenoxy) is 3. The highest BCUT2D eigenvalue weighted by atomic mass is 16.5. The van der Waals surface area contributed by atoms with E-state index in [0.717, 1.165) is 11.1 Å². The molecule has 0 heterocycles. The molecule has 3 aromatic carbocycles. The molecule has 1 amide bonds. The van der Waals surface area contributed by atoms with Crippen molar-refractivity contribution in [1.82, 2.24) is 0 Å². The number of amides is 1. The van der Waals surface area contributed by atoms with E-state index in [-0.39, 0.29) is 0 Å². The van der Waals surface area contributed by atoms with E-state index in [1.54, 1.807) is 36.4 Å². The zero-order valence-corrected chi connectivity index (χ0v) is 17.8. The van der Waals surface area contributed by atoms with E-state index >= 15 is 0 Å². The van der Waals surface area contributed by atoms with Crippen LogP contribution in [-0.4, -0.2) is 25.1 Å². The largest absolute Gasteiger partial charge is 0.495 e. The average Bonchev–Trinajstić information content (AvgIpc) is 2.78. The maximum atomic E-state index is 12.5. The highest BCUT2D eigenvalue weighted by Crippen LogP contribution is 2.25. The Balaban J connectivity index is 1.60. The smallest absolute Gasteiger partial charge is 0.339 e. The number of aryl methyl sites for hydroxylation is 1. The highest BCUT2D eigenvalue weighted by Gasteiger charge is 2.20.